The molecule has 122 valence electrons. The molecule has 0 aliphatic rings. The quantitative estimate of drug-likeness (QED) is 0.637. The van der Waals surface area contributed by atoms with Crippen LogP contribution in [0.3, 0.4) is 0 Å². The number of aryl methyl sites for hydroxylation is 1. The Balaban J connectivity index is 2.14. The second-order valence-electron chi connectivity index (χ2n) is 5.57. The minimum absolute atomic E-state index is 0.0420. The first kappa shape index (κ1) is 16.6. The molecule has 23 heavy (non-hydrogen) atoms. The van der Waals surface area contributed by atoms with Gasteiger partial charge in [-0.2, -0.15) is 5.10 Å². The number of aromatic nitrogens is 2. The van der Waals surface area contributed by atoms with E-state index < -0.39 is 16.4 Å². The molecule has 0 radical (unpaired) electrons. The summed E-state index contributed by atoms with van der Waals surface area (Å²) in [5.41, 5.74) is -0.344. The monoisotopic (exact) mass is 318 g/mol. The van der Waals surface area contributed by atoms with Crippen molar-refractivity contribution in [2.45, 2.75) is 19.4 Å². The Bertz CT molecular complexity index is 752. The molecule has 1 unspecified atom stereocenters. The molecule has 0 aliphatic heterocycles. The molecular weight excluding hydrogens is 300 g/mol. The van der Waals surface area contributed by atoms with Gasteiger partial charge in [-0.05, 0) is 19.9 Å². The van der Waals surface area contributed by atoms with Crippen molar-refractivity contribution in [2.75, 3.05) is 6.54 Å². The molecule has 0 spiro atoms. The SMILES string of the molecule is Cc1c(C(=O)NCC(C)(O)c2cnn(C)c2)cccc1[N+](=O)[O-]. The Hall–Kier alpha value is -2.74. The van der Waals surface area contributed by atoms with E-state index in [4.69, 9.17) is 0 Å². The minimum atomic E-state index is -1.29. The van der Waals surface area contributed by atoms with Crippen LogP contribution < -0.4 is 5.32 Å². The summed E-state index contributed by atoms with van der Waals surface area (Å²) in [6, 6.07) is 4.31. The number of aliphatic hydroxyl groups is 1. The summed E-state index contributed by atoms with van der Waals surface area (Å²) in [5, 5.41) is 27.9. The van der Waals surface area contributed by atoms with Crippen molar-refractivity contribution in [1.82, 2.24) is 15.1 Å². The third kappa shape index (κ3) is 3.54. The lowest BCUT2D eigenvalue weighted by Gasteiger charge is -2.22. The van der Waals surface area contributed by atoms with Gasteiger partial charge in [0.05, 0.1) is 17.7 Å². The third-order valence-electron chi connectivity index (χ3n) is 3.67. The number of nitro benzene ring substituents is 1. The lowest BCUT2D eigenvalue weighted by atomic mass is 9.99. The first-order valence-electron chi connectivity index (χ1n) is 6.96. The fourth-order valence-electron chi connectivity index (χ4n) is 2.22. The molecule has 0 aliphatic carbocycles. The molecule has 0 saturated heterocycles. The van der Waals surface area contributed by atoms with E-state index in [0.29, 0.717) is 5.56 Å². The zero-order valence-corrected chi connectivity index (χ0v) is 13.1. The van der Waals surface area contributed by atoms with Gasteiger partial charge in [-0.25, -0.2) is 0 Å². The predicted molar refractivity (Wildman–Crippen MR) is 82.9 cm³/mol. The van der Waals surface area contributed by atoms with Crippen LogP contribution in [-0.2, 0) is 12.6 Å². The molecule has 8 nitrogen and oxygen atoms in total. The topological polar surface area (TPSA) is 110 Å². The fourth-order valence-corrected chi connectivity index (χ4v) is 2.22. The molecule has 1 aromatic carbocycles. The molecule has 1 amide bonds. The maximum absolute atomic E-state index is 12.3. The summed E-state index contributed by atoms with van der Waals surface area (Å²) in [4.78, 5) is 22.7. The fraction of sp³-hybridized carbons (Fsp3) is 0.333. The maximum atomic E-state index is 12.3. The van der Waals surface area contributed by atoms with Gasteiger partial charge in [0.1, 0.15) is 5.60 Å². The molecule has 2 N–H and O–H groups in total. The van der Waals surface area contributed by atoms with E-state index in [2.05, 4.69) is 10.4 Å². The first-order chi connectivity index (χ1) is 10.7. The van der Waals surface area contributed by atoms with Gasteiger partial charge < -0.3 is 10.4 Å². The highest BCUT2D eigenvalue weighted by Crippen LogP contribution is 2.22. The van der Waals surface area contributed by atoms with Gasteiger partial charge in [0.15, 0.2) is 0 Å². The summed E-state index contributed by atoms with van der Waals surface area (Å²) in [7, 11) is 1.73. The van der Waals surface area contributed by atoms with Gasteiger partial charge in [-0.3, -0.25) is 19.6 Å². The number of rotatable bonds is 5. The smallest absolute Gasteiger partial charge is 0.273 e. The molecular formula is C15H18N4O4. The van der Waals surface area contributed by atoms with Crippen molar-refractivity contribution in [3.8, 4) is 0 Å². The zero-order chi connectivity index (χ0) is 17.2. The van der Waals surface area contributed by atoms with Crippen LogP contribution in [0.25, 0.3) is 0 Å². The number of benzene rings is 1. The van der Waals surface area contributed by atoms with Crippen molar-refractivity contribution >= 4 is 11.6 Å². The predicted octanol–water partition coefficient (Wildman–Crippen LogP) is 1.27. The molecule has 0 bridgehead atoms. The normalized spacial score (nSPS) is 13.4. The second-order valence-corrected chi connectivity index (χ2v) is 5.57. The summed E-state index contributed by atoms with van der Waals surface area (Å²) >= 11 is 0. The summed E-state index contributed by atoms with van der Waals surface area (Å²) in [6.45, 7) is 3.04. The average molecular weight is 318 g/mol. The Kier molecular flexibility index (Phi) is 4.46. The van der Waals surface area contributed by atoms with Gasteiger partial charge >= 0.3 is 0 Å². The maximum Gasteiger partial charge on any atom is 0.273 e. The zero-order valence-electron chi connectivity index (χ0n) is 13.1. The van der Waals surface area contributed by atoms with Crippen molar-refractivity contribution in [2.24, 2.45) is 7.05 Å². The van der Waals surface area contributed by atoms with Crippen LogP contribution in [0.5, 0.6) is 0 Å². The lowest BCUT2D eigenvalue weighted by molar-refractivity contribution is -0.385. The van der Waals surface area contributed by atoms with Crippen LogP contribution >= 0.6 is 0 Å². The van der Waals surface area contributed by atoms with Crippen molar-refractivity contribution in [1.29, 1.82) is 0 Å². The third-order valence-corrected chi connectivity index (χ3v) is 3.67. The van der Waals surface area contributed by atoms with E-state index in [9.17, 15) is 20.0 Å². The first-order valence-corrected chi connectivity index (χ1v) is 6.96. The molecule has 1 aromatic heterocycles. The molecule has 0 saturated carbocycles. The Labute approximate surface area is 132 Å². The summed E-state index contributed by atoms with van der Waals surface area (Å²) in [6.07, 6.45) is 3.18. The van der Waals surface area contributed by atoms with Crippen molar-refractivity contribution < 1.29 is 14.8 Å². The number of nitro groups is 1. The molecule has 1 atom stereocenters. The number of carbonyl (C=O) groups excluding carboxylic acids is 1. The van der Waals surface area contributed by atoms with Gasteiger partial charge in [0.2, 0.25) is 0 Å². The van der Waals surface area contributed by atoms with Gasteiger partial charge in [0.25, 0.3) is 11.6 Å². The standard InChI is InChI=1S/C15H18N4O4/c1-10-12(5-4-6-13(10)19(22)23)14(20)16-9-15(2,21)11-7-17-18(3)8-11/h4-8,21H,9H2,1-3H3,(H,16,20). The Morgan fingerprint density at radius 1 is 1.52 bits per heavy atom. The average Bonchev–Trinajstić information content (AvgIpc) is 2.92. The van der Waals surface area contributed by atoms with Crippen LogP contribution in [0.15, 0.2) is 30.6 Å². The minimum Gasteiger partial charge on any atom is -0.383 e. The number of hydrogen-bond acceptors (Lipinski definition) is 5. The number of nitrogens with one attached hydrogen (secondary N) is 1. The Morgan fingerprint density at radius 3 is 2.78 bits per heavy atom. The van der Waals surface area contributed by atoms with Gasteiger partial charge in [-0.15, -0.1) is 0 Å². The molecule has 1 heterocycles. The van der Waals surface area contributed by atoms with Crippen LogP contribution in [-0.4, -0.2) is 32.3 Å². The van der Waals surface area contributed by atoms with Crippen molar-refractivity contribution in [3.05, 3.63) is 57.4 Å². The molecule has 8 heteroatoms. The van der Waals surface area contributed by atoms with Gasteiger partial charge in [-0.1, -0.05) is 6.07 Å². The molecule has 0 fully saturated rings. The van der Waals surface area contributed by atoms with E-state index in [1.54, 1.807) is 24.9 Å². The Morgan fingerprint density at radius 2 is 2.22 bits per heavy atom. The highest BCUT2D eigenvalue weighted by Gasteiger charge is 2.26. The van der Waals surface area contributed by atoms with E-state index in [-0.39, 0.29) is 23.4 Å². The van der Waals surface area contributed by atoms with Crippen LogP contribution in [0, 0.1) is 17.0 Å². The van der Waals surface area contributed by atoms with E-state index in [1.165, 1.54) is 31.3 Å². The van der Waals surface area contributed by atoms with E-state index >= 15 is 0 Å². The van der Waals surface area contributed by atoms with Gasteiger partial charge in [0, 0.05) is 36.0 Å². The number of hydrogen-bond donors (Lipinski definition) is 2. The number of carbonyl (C=O) groups is 1. The van der Waals surface area contributed by atoms with Crippen LogP contribution in [0.1, 0.15) is 28.4 Å². The molecule has 2 aromatic rings. The number of amides is 1. The highest BCUT2D eigenvalue weighted by molar-refractivity contribution is 5.96. The van der Waals surface area contributed by atoms with E-state index in [0.717, 1.165) is 0 Å². The largest absolute Gasteiger partial charge is 0.383 e. The number of nitrogens with zero attached hydrogens (tertiary/aromatic N) is 3. The molecule has 2 rings (SSSR count). The lowest BCUT2D eigenvalue weighted by Crippen LogP contribution is -2.38. The van der Waals surface area contributed by atoms with Crippen LogP contribution in [0.4, 0.5) is 5.69 Å². The van der Waals surface area contributed by atoms with Crippen LogP contribution in [0.2, 0.25) is 0 Å². The van der Waals surface area contributed by atoms with E-state index in [1.807, 2.05) is 0 Å². The summed E-state index contributed by atoms with van der Waals surface area (Å²) in [5.74, 6) is -0.477. The highest BCUT2D eigenvalue weighted by atomic mass is 16.6. The second kappa shape index (κ2) is 6.17. The van der Waals surface area contributed by atoms with Crippen molar-refractivity contribution in [3.63, 3.8) is 0 Å². The summed E-state index contributed by atoms with van der Waals surface area (Å²) < 4.78 is 1.55.